The van der Waals surface area contributed by atoms with Gasteiger partial charge in [0.2, 0.25) is 5.88 Å². The maximum Gasteiger partial charge on any atom is 0.264 e. The van der Waals surface area contributed by atoms with Gasteiger partial charge >= 0.3 is 0 Å². The van der Waals surface area contributed by atoms with E-state index in [0.29, 0.717) is 33.8 Å². The van der Waals surface area contributed by atoms with Crippen molar-refractivity contribution in [1.29, 1.82) is 0 Å². The van der Waals surface area contributed by atoms with Gasteiger partial charge in [-0.3, -0.25) is 19.3 Å². The fraction of sp³-hybridized carbons (Fsp3) is 0.105. The Balaban J connectivity index is 2.04. The highest BCUT2D eigenvalue weighted by Gasteiger charge is 2.13. The highest BCUT2D eigenvalue weighted by molar-refractivity contribution is 7.71. The molecule has 2 aromatic carbocycles. The summed E-state index contributed by atoms with van der Waals surface area (Å²) < 4.78 is 6.80. The van der Waals surface area contributed by atoms with Gasteiger partial charge in [-0.2, -0.15) is 0 Å². The van der Waals surface area contributed by atoms with Gasteiger partial charge in [0.1, 0.15) is 11.3 Å². The zero-order valence-electron chi connectivity index (χ0n) is 14.6. The first-order valence-corrected chi connectivity index (χ1v) is 9.37. The first kappa shape index (κ1) is 20.1. The molecular weight excluding hydrogens is 421 g/mol. The van der Waals surface area contributed by atoms with Crippen LogP contribution in [-0.4, -0.2) is 27.5 Å². The molecule has 3 aromatic rings. The first-order valence-electron chi connectivity index (χ1n) is 8.21. The van der Waals surface area contributed by atoms with E-state index in [1.807, 2.05) is 6.92 Å². The summed E-state index contributed by atoms with van der Waals surface area (Å²) in [5, 5.41) is 11.4. The lowest BCUT2D eigenvalue weighted by molar-refractivity contribution is 0.340. The summed E-state index contributed by atoms with van der Waals surface area (Å²) in [6, 6.07) is 11.7. The molecule has 2 N–H and O–H groups in total. The van der Waals surface area contributed by atoms with E-state index in [0.717, 1.165) is 0 Å². The van der Waals surface area contributed by atoms with Crippen LogP contribution in [0.25, 0.3) is 5.69 Å². The van der Waals surface area contributed by atoms with Crippen molar-refractivity contribution in [3.63, 3.8) is 0 Å². The van der Waals surface area contributed by atoms with Crippen LogP contribution in [0.4, 0.5) is 5.69 Å². The van der Waals surface area contributed by atoms with Crippen LogP contribution >= 0.6 is 35.4 Å². The molecule has 0 bridgehead atoms. The number of nitrogens with zero attached hydrogens (tertiary/aromatic N) is 2. The van der Waals surface area contributed by atoms with E-state index in [2.05, 4.69) is 9.98 Å². The number of aromatic hydroxyl groups is 1. The molecule has 1 heterocycles. The molecule has 3 rings (SSSR count). The number of aliphatic imine (C=N–C) groups is 1. The van der Waals surface area contributed by atoms with Gasteiger partial charge in [0.05, 0.1) is 28.0 Å². The van der Waals surface area contributed by atoms with Crippen molar-refractivity contribution in [3.05, 3.63) is 73.2 Å². The van der Waals surface area contributed by atoms with Crippen LogP contribution in [0.2, 0.25) is 10.0 Å². The second kappa shape index (κ2) is 8.60. The maximum absolute atomic E-state index is 12.3. The van der Waals surface area contributed by atoms with Crippen molar-refractivity contribution in [2.75, 3.05) is 6.61 Å². The minimum atomic E-state index is -0.562. The van der Waals surface area contributed by atoms with Crippen molar-refractivity contribution in [2.45, 2.75) is 6.92 Å². The molecule has 1 aromatic heterocycles. The molecule has 144 valence electrons. The van der Waals surface area contributed by atoms with Crippen molar-refractivity contribution < 1.29 is 9.84 Å². The largest absolute Gasteiger partial charge is 0.494 e. The van der Waals surface area contributed by atoms with Crippen LogP contribution in [0.1, 0.15) is 12.5 Å². The SMILES string of the molecule is CCOc1ccc(-n2c(O)c(C=Nc3ccc(Cl)c(Cl)c3)c(=O)[nH]c2=S)cc1. The molecule has 0 aliphatic heterocycles. The summed E-state index contributed by atoms with van der Waals surface area (Å²) in [5.41, 5.74) is 0.428. The maximum atomic E-state index is 12.3. The van der Waals surface area contributed by atoms with Crippen LogP contribution in [0.15, 0.2) is 52.3 Å². The molecule has 9 heteroatoms. The molecule has 0 amide bonds. The zero-order valence-corrected chi connectivity index (χ0v) is 17.0. The van der Waals surface area contributed by atoms with Gasteiger partial charge < -0.3 is 9.84 Å². The number of halogens is 2. The van der Waals surface area contributed by atoms with E-state index < -0.39 is 5.56 Å². The summed E-state index contributed by atoms with van der Waals surface area (Å²) >= 11 is 17.1. The fourth-order valence-electron chi connectivity index (χ4n) is 2.46. The topological polar surface area (TPSA) is 79.6 Å². The molecule has 0 fully saturated rings. The van der Waals surface area contributed by atoms with E-state index in [9.17, 15) is 9.90 Å². The van der Waals surface area contributed by atoms with Gasteiger partial charge in [-0.15, -0.1) is 0 Å². The predicted octanol–water partition coefficient (Wildman–Crippen LogP) is 5.06. The van der Waals surface area contributed by atoms with Crippen LogP contribution in [0, 0.1) is 4.77 Å². The molecule has 6 nitrogen and oxygen atoms in total. The third-order valence-electron chi connectivity index (χ3n) is 3.77. The Morgan fingerprint density at radius 1 is 1.21 bits per heavy atom. The quantitative estimate of drug-likeness (QED) is 0.433. The van der Waals surface area contributed by atoms with E-state index in [1.54, 1.807) is 42.5 Å². The minimum absolute atomic E-state index is 0.0476. The Morgan fingerprint density at radius 2 is 1.93 bits per heavy atom. The summed E-state index contributed by atoms with van der Waals surface area (Å²) in [6.07, 6.45) is 1.24. The van der Waals surface area contributed by atoms with Crippen LogP contribution in [-0.2, 0) is 0 Å². The lowest BCUT2D eigenvalue weighted by Crippen LogP contribution is -2.18. The molecule has 0 radical (unpaired) electrons. The Morgan fingerprint density at radius 3 is 2.57 bits per heavy atom. The van der Waals surface area contributed by atoms with E-state index in [1.165, 1.54) is 10.8 Å². The average Bonchev–Trinajstić information content (AvgIpc) is 2.65. The molecule has 28 heavy (non-hydrogen) atoms. The third kappa shape index (κ3) is 4.27. The van der Waals surface area contributed by atoms with Crippen LogP contribution in [0.5, 0.6) is 11.6 Å². The molecule has 0 atom stereocenters. The number of aromatic nitrogens is 2. The Hall–Kier alpha value is -2.61. The molecule has 0 aliphatic carbocycles. The average molecular weight is 436 g/mol. The number of ether oxygens (including phenoxy) is 1. The van der Waals surface area contributed by atoms with E-state index >= 15 is 0 Å². The number of nitrogens with one attached hydrogen (secondary N) is 1. The van der Waals surface area contributed by atoms with Gasteiger partial charge in [0, 0.05) is 6.21 Å². The molecule has 0 saturated heterocycles. The van der Waals surface area contributed by atoms with Gasteiger partial charge in [-0.25, -0.2) is 0 Å². The number of H-pyrrole nitrogens is 1. The van der Waals surface area contributed by atoms with Crippen LogP contribution < -0.4 is 10.3 Å². The smallest absolute Gasteiger partial charge is 0.264 e. The van der Waals surface area contributed by atoms with Crippen molar-refractivity contribution in [2.24, 2.45) is 4.99 Å². The summed E-state index contributed by atoms with van der Waals surface area (Å²) in [7, 11) is 0. The normalized spacial score (nSPS) is 11.1. The van der Waals surface area contributed by atoms with Crippen molar-refractivity contribution in [1.82, 2.24) is 9.55 Å². The molecule has 0 aliphatic rings. The molecular formula is C19H15Cl2N3O3S. The zero-order chi connectivity index (χ0) is 20.3. The van der Waals surface area contributed by atoms with Gasteiger partial charge in [-0.05, 0) is 61.6 Å². The Labute approximate surface area is 175 Å². The number of rotatable bonds is 5. The molecule has 0 saturated carbocycles. The predicted molar refractivity (Wildman–Crippen MR) is 114 cm³/mol. The van der Waals surface area contributed by atoms with E-state index in [4.69, 9.17) is 40.2 Å². The second-order valence-electron chi connectivity index (χ2n) is 5.62. The highest BCUT2D eigenvalue weighted by atomic mass is 35.5. The second-order valence-corrected chi connectivity index (χ2v) is 6.82. The Kier molecular flexibility index (Phi) is 6.18. The number of hydrogen-bond donors (Lipinski definition) is 2. The minimum Gasteiger partial charge on any atom is -0.494 e. The third-order valence-corrected chi connectivity index (χ3v) is 4.80. The highest BCUT2D eigenvalue weighted by Crippen LogP contribution is 2.27. The summed E-state index contributed by atoms with van der Waals surface area (Å²) in [5.74, 6) is 0.352. The molecule has 0 spiro atoms. The Bertz CT molecular complexity index is 1150. The van der Waals surface area contributed by atoms with E-state index in [-0.39, 0.29) is 16.2 Å². The lowest BCUT2D eigenvalue weighted by atomic mass is 10.2. The molecule has 0 unspecified atom stereocenters. The number of benzene rings is 2. The first-order chi connectivity index (χ1) is 13.4. The number of hydrogen-bond acceptors (Lipinski definition) is 5. The number of aromatic amines is 1. The monoisotopic (exact) mass is 435 g/mol. The van der Waals surface area contributed by atoms with Gasteiger partial charge in [0.25, 0.3) is 5.56 Å². The van der Waals surface area contributed by atoms with Crippen molar-refractivity contribution in [3.8, 4) is 17.3 Å². The fourth-order valence-corrected chi connectivity index (χ4v) is 3.03. The lowest BCUT2D eigenvalue weighted by Gasteiger charge is -2.12. The summed E-state index contributed by atoms with van der Waals surface area (Å²) in [4.78, 5) is 19.0. The standard InChI is InChI=1S/C19H15Cl2N3O3S/c1-2-27-13-6-4-12(5-7-13)24-18(26)14(17(25)23-19(24)28)10-22-11-3-8-15(20)16(21)9-11/h3-10,26H,2H2,1H3,(H,23,25,28). The van der Waals surface area contributed by atoms with Crippen molar-refractivity contribution >= 4 is 47.3 Å². The van der Waals surface area contributed by atoms with Gasteiger partial charge in [-0.1, -0.05) is 23.2 Å². The van der Waals surface area contributed by atoms with Crippen LogP contribution in [0.3, 0.4) is 0 Å². The van der Waals surface area contributed by atoms with Gasteiger partial charge in [0.15, 0.2) is 4.77 Å². The summed E-state index contributed by atoms with van der Waals surface area (Å²) in [6.45, 7) is 2.43.